The third kappa shape index (κ3) is 3.32. The third-order valence-corrected chi connectivity index (χ3v) is 5.25. The molecule has 3 heterocycles. The Hall–Kier alpha value is -2.18. The molecule has 124 valence electrons. The van der Waals surface area contributed by atoms with Crippen LogP contribution in [0, 0.1) is 0 Å². The van der Waals surface area contributed by atoms with Gasteiger partial charge in [-0.1, -0.05) is 30.3 Å². The van der Waals surface area contributed by atoms with E-state index < -0.39 is 0 Å². The Morgan fingerprint density at radius 1 is 1.20 bits per heavy atom. The van der Waals surface area contributed by atoms with Gasteiger partial charge in [0.1, 0.15) is 19.2 Å². The molecule has 1 aromatic carbocycles. The van der Waals surface area contributed by atoms with Crippen LogP contribution in [0.3, 0.4) is 0 Å². The molecule has 4 aromatic rings. The maximum Gasteiger partial charge on any atom is 0.128 e. The van der Waals surface area contributed by atoms with E-state index in [4.69, 9.17) is 17.6 Å². The van der Waals surface area contributed by atoms with Gasteiger partial charge < -0.3 is 9.30 Å². The van der Waals surface area contributed by atoms with Crippen molar-refractivity contribution in [2.75, 3.05) is 6.61 Å². The SMILES string of the molecule is [B]c1cc2ncc3nc(CCCOCc4ccccc4)n(C)c3c2s1. The largest absolute Gasteiger partial charge is 0.377 e. The maximum absolute atomic E-state index is 5.93. The van der Waals surface area contributed by atoms with E-state index >= 15 is 0 Å². The zero-order valence-corrected chi connectivity index (χ0v) is 14.9. The van der Waals surface area contributed by atoms with Crippen LogP contribution in [0.15, 0.2) is 42.6 Å². The minimum absolute atomic E-state index is 0.655. The van der Waals surface area contributed by atoms with Crippen molar-refractivity contribution in [3.8, 4) is 0 Å². The molecule has 0 saturated carbocycles. The summed E-state index contributed by atoms with van der Waals surface area (Å²) in [5.41, 5.74) is 4.19. The highest BCUT2D eigenvalue weighted by molar-refractivity contribution is 7.26. The van der Waals surface area contributed by atoms with E-state index in [1.54, 1.807) is 11.3 Å². The number of hydrogen-bond acceptors (Lipinski definition) is 4. The Labute approximate surface area is 151 Å². The minimum atomic E-state index is 0.655. The highest BCUT2D eigenvalue weighted by Gasteiger charge is 2.13. The second-order valence-corrected chi connectivity index (χ2v) is 7.17. The Morgan fingerprint density at radius 3 is 2.88 bits per heavy atom. The predicted octanol–water partition coefficient (Wildman–Crippen LogP) is 3.13. The summed E-state index contributed by atoms with van der Waals surface area (Å²) in [7, 11) is 7.99. The van der Waals surface area contributed by atoms with E-state index in [-0.39, 0.29) is 0 Å². The van der Waals surface area contributed by atoms with Gasteiger partial charge in [-0.15, -0.1) is 11.3 Å². The van der Waals surface area contributed by atoms with E-state index in [2.05, 4.69) is 28.7 Å². The monoisotopic (exact) mass is 347 g/mol. The number of thiophene rings is 1. The number of hydrogen-bond donors (Lipinski definition) is 0. The average Bonchev–Trinajstić information content (AvgIpc) is 3.15. The lowest BCUT2D eigenvalue weighted by Gasteiger charge is -2.05. The summed E-state index contributed by atoms with van der Waals surface area (Å²) in [5, 5.41) is 0. The van der Waals surface area contributed by atoms with Crippen LogP contribution in [0.2, 0.25) is 0 Å². The second kappa shape index (κ2) is 6.98. The Morgan fingerprint density at radius 2 is 2.04 bits per heavy atom. The van der Waals surface area contributed by atoms with Gasteiger partial charge in [-0.25, -0.2) is 4.98 Å². The molecule has 0 aliphatic heterocycles. The van der Waals surface area contributed by atoms with Crippen molar-refractivity contribution in [2.24, 2.45) is 7.05 Å². The van der Waals surface area contributed by atoms with Crippen molar-refractivity contribution in [2.45, 2.75) is 19.4 Å². The number of aromatic nitrogens is 3. The van der Waals surface area contributed by atoms with Gasteiger partial charge in [0.05, 0.1) is 28.5 Å². The van der Waals surface area contributed by atoms with E-state index in [1.165, 1.54) is 5.56 Å². The highest BCUT2D eigenvalue weighted by atomic mass is 32.1. The first kappa shape index (κ1) is 16.3. The fraction of sp³-hybridized carbons (Fsp3) is 0.263. The molecule has 0 saturated heterocycles. The van der Waals surface area contributed by atoms with Crippen LogP contribution in [-0.4, -0.2) is 29.0 Å². The predicted molar refractivity (Wildman–Crippen MR) is 104 cm³/mol. The Balaban J connectivity index is 1.43. The zero-order valence-electron chi connectivity index (χ0n) is 14.1. The van der Waals surface area contributed by atoms with Gasteiger partial charge in [0.15, 0.2) is 0 Å². The average molecular weight is 347 g/mol. The van der Waals surface area contributed by atoms with Crippen molar-refractivity contribution < 1.29 is 4.74 Å². The topological polar surface area (TPSA) is 39.9 Å². The summed E-state index contributed by atoms with van der Waals surface area (Å²) in [6, 6.07) is 12.2. The molecule has 0 unspecified atom stereocenters. The summed E-state index contributed by atoms with van der Waals surface area (Å²) in [5.74, 6) is 1.06. The van der Waals surface area contributed by atoms with Crippen LogP contribution >= 0.6 is 11.3 Å². The van der Waals surface area contributed by atoms with Gasteiger partial charge >= 0.3 is 0 Å². The van der Waals surface area contributed by atoms with Gasteiger partial charge in [-0.3, -0.25) is 4.98 Å². The van der Waals surface area contributed by atoms with E-state index in [0.717, 1.165) is 51.3 Å². The molecule has 3 aromatic heterocycles. The van der Waals surface area contributed by atoms with Gasteiger partial charge in [-0.2, -0.15) is 0 Å². The summed E-state index contributed by atoms with van der Waals surface area (Å²) in [6.07, 6.45) is 3.65. The molecular weight excluding hydrogens is 329 g/mol. The Kier molecular flexibility index (Phi) is 4.55. The number of nitrogens with zero attached hydrogens (tertiary/aromatic N) is 3. The molecule has 2 radical (unpaired) electrons. The minimum Gasteiger partial charge on any atom is -0.377 e. The first-order valence-corrected chi connectivity index (χ1v) is 9.15. The van der Waals surface area contributed by atoms with Crippen molar-refractivity contribution >= 4 is 45.2 Å². The molecule has 0 spiro atoms. The molecule has 0 atom stereocenters. The molecule has 4 nitrogen and oxygen atoms in total. The van der Waals surface area contributed by atoms with Gasteiger partial charge in [0, 0.05) is 20.1 Å². The summed E-state index contributed by atoms with van der Waals surface area (Å²) >= 11 is 1.57. The molecule has 0 fully saturated rings. The number of imidazole rings is 1. The van der Waals surface area contributed by atoms with Gasteiger partial charge in [0.2, 0.25) is 0 Å². The van der Waals surface area contributed by atoms with Crippen LogP contribution in [0.5, 0.6) is 0 Å². The van der Waals surface area contributed by atoms with Crippen molar-refractivity contribution in [3.05, 3.63) is 54.0 Å². The second-order valence-electron chi connectivity index (χ2n) is 6.08. The Bertz CT molecular complexity index is 1010. The molecule has 0 bridgehead atoms. The summed E-state index contributed by atoms with van der Waals surface area (Å²) in [6.45, 7) is 1.38. The first-order valence-electron chi connectivity index (χ1n) is 8.33. The van der Waals surface area contributed by atoms with Crippen molar-refractivity contribution in [1.82, 2.24) is 14.5 Å². The molecule has 4 rings (SSSR count). The van der Waals surface area contributed by atoms with E-state index in [9.17, 15) is 0 Å². The van der Waals surface area contributed by atoms with Crippen LogP contribution in [0.4, 0.5) is 0 Å². The number of pyridine rings is 1. The summed E-state index contributed by atoms with van der Waals surface area (Å²) in [4.78, 5) is 9.20. The lowest BCUT2D eigenvalue weighted by atomic mass is 10.1. The quantitative estimate of drug-likeness (QED) is 0.397. The van der Waals surface area contributed by atoms with Crippen molar-refractivity contribution in [1.29, 1.82) is 0 Å². The van der Waals surface area contributed by atoms with Crippen LogP contribution in [0.1, 0.15) is 17.8 Å². The normalized spacial score (nSPS) is 11.6. The number of benzene rings is 1. The standard InChI is InChI=1S/C19H18BN3OS/c1-23-17(8-5-9-24-12-13-6-3-2-4-7-13)22-15-11-21-14-10-16(20)25-19(14)18(15)23/h2-4,6-7,10-11H,5,8-9,12H2,1H3. The van der Waals surface area contributed by atoms with Gasteiger partial charge in [0.25, 0.3) is 0 Å². The van der Waals surface area contributed by atoms with Crippen LogP contribution in [0.25, 0.3) is 21.3 Å². The van der Waals surface area contributed by atoms with Crippen LogP contribution in [-0.2, 0) is 24.8 Å². The third-order valence-electron chi connectivity index (χ3n) is 4.29. The molecular formula is C19H18BN3OS. The molecule has 0 aliphatic carbocycles. The molecule has 0 N–H and O–H groups in total. The lowest BCUT2D eigenvalue weighted by molar-refractivity contribution is 0.118. The molecule has 25 heavy (non-hydrogen) atoms. The van der Waals surface area contributed by atoms with Crippen molar-refractivity contribution in [3.63, 3.8) is 0 Å². The van der Waals surface area contributed by atoms with E-state index in [1.807, 2.05) is 30.5 Å². The smallest absolute Gasteiger partial charge is 0.128 e. The highest BCUT2D eigenvalue weighted by Crippen LogP contribution is 2.27. The van der Waals surface area contributed by atoms with E-state index in [0.29, 0.717) is 6.61 Å². The van der Waals surface area contributed by atoms with Gasteiger partial charge in [-0.05, 0) is 22.8 Å². The first-order chi connectivity index (χ1) is 12.2. The fourth-order valence-electron chi connectivity index (χ4n) is 3.04. The fourth-order valence-corrected chi connectivity index (χ4v) is 4.00. The number of rotatable bonds is 6. The zero-order chi connectivity index (χ0) is 17.2. The molecule has 0 aliphatic rings. The lowest BCUT2D eigenvalue weighted by Crippen LogP contribution is -2.02. The number of ether oxygens (including phenoxy) is 1. The van der Waals surface area contributed by atoms with Crippen LogP contribution < -0.4 is 4.78 Å². The number of fused-ring (bicyclic) bond motifs is 3. The number of aryl methyl sites for hydroxylation is 2. The molecule has 6 heteroatoms. The summed E-state index contributed by atoms with van der Waals surface area (Å²) < 4.78 is 9.82. The molecule has 0 amide bonds. The maximum atomic E-state index is 5.93.